The maximum absolute atomic E-state index is 6.01. The first-order valence-corrected chi connectivity index (χ1v) is 7.34. The van der Waals surface area contributed by atoms with E-state index in [1.807, 2.05) is 31.4 Å². The Balaban J connectivity index is 1.88. The van der Waals surface area contributed by atoms with Crippen molar-refractivity contribution in [2.75, 3.05) is 20.2 Å². The Kier molecular flexibility index (Phi) is 4.27. The van der Waals surface area contributed by atoms with E-state index in [9.17, 15) is 0 Å². The van der Waals surface area contributed by atoms with Gasteiger partial charge in [-0.15, -0.1) is 0 Å². The summed E-state index contributed by atoms with van der Waals surface area (Å²) in [4.78, 5) is 4.55. The van der Waals surface area contributed by atoms with Crippen LogP contribution < -0.4 is 14.8 Å². The van der Waals surface area contributed by atoms with Crippen molar-refractivity contribution in [2.45, 2.75) is 13.0 Å². The summed E-state index contributed by atoms with van der Waals surface area (Å²) in [6, 6.07) is 5.84. The lowest BCUT2D eigenvalue weighted by molar-refractivity contribution is 0.283. The molecule has 1 aliphatic rings. The molecule has 116 valence electrons. The second-order valence-electron chi connectivity index (χ2n) is 5.16. The summed E-state index contributed by atoms with van der Waals surface area (Å²) in [5, 5.41) is 7.48. The molecule has 0 spiro atoms. The van der Waals surface area contributed by atoms with Crippen LogP contribution in [0.5, 0.6) is 11.5 Å². The molecule has 0 saturated carbocycles. The normalized spacial score (nSPS) is 14.2. The number of aromatic nitrogens is 2. The fourth-order valence-corrected chi connectivity index (χ4v) is 2.43. The molecule has 6 nitrogen and oxygen atoms in total. The molecule has 0 atom stereocenters. The summed E-state index contributed by atoms with van der Waals surface area (Å²) in [6.45, 7) is 2.20. The number of ether oxygens (including phenoxy) is 2. The predicted octanol–water partition coefficient (Wildman–Crippen LogP) is 1.75. The zero-order valence-electron chi connectivity index (χ0n) is 12.9. The molecule has 0 amide bonds. The number of benzene rings is 1. The van der Waals surface area contributed by atoms with Crippen molar-refractivity contribution in [3.8, 4) is 11.5 Å². The van der Waals surface area contributed by atoms with Crippen molar-refractivity contribution in [3.05, 3.63) is 41.7 Å². The molecule has 2 heterocycles. The van der Waals surface area contributed by atoms with E-state index in [1.165, 1.54) is 0 Å². The minimum absolute atomic E-state index is 0.439. The van der Waals surface area contributed by atoms with E-state index < -0.39 is 0 Å². The number of aryl methyl sites for hydroxylation is 1. The van der Waals surface area contributed by atoms with Crippen LogP contribution in [0.1, 0.15) is 17.5 Å². The van der Waals surface area contributed by atoms with Crippen molar-refractivity contribution < 1.29 is 9.47 Å². The fraction of sp³-hybridized carbons (Fsp3) is 0.375. The third-order valence-corrected chi connectivity index (χ3v) is 3.49. The van der Waals surface area contributed by atoms with Gasteiger partial charge in [-0.3, -0.25) is 9.67 Å². The van der Waals surface area contributed by atoms with Gasteiger partial charge in [-0.05, 0) is 18.6 Å². The van der Waals surface area contributed by atoms with Gasteiger partial charge in [0.15, 0.2) is 11.5 Å². The molecule has 1 aliphatic heterocycles. The van der Waals surface area contributed by atoms with Gasteiger partial charge in [0, 0.05) is 31.9 Å². The molecule has 22 heavy (non-hydrogen) atoms. The van der Waals surface area contributed by atoms with Crippen LogP contribution in [0.15, 0.2) is 35.6 Å². The van der Waals surface area contributed by atoms with Crippen molar-refractivity contribution in [1.82, 2.24) is 15.1 Å². The Hall–Kier alpha value is -2.50. The first-order chi connectivity index (χ1) is 10.8. The number of hydrogen-bond acceptors (Lipinski definition) is 5. The van der Waals surface area contributed by atoms with Crippen LogP contribution in [-0.4, -0.2) is 35.8 Å². The molecular weight excluding hydrogens is 280 g/mol. The SMILES string of the molecule is COc1cccc(C2=NCCCN2)c1OCc1cnn(C)c1. The maximum Gasteiger partial charge on any atom is 0.172 e. The monoisotopic (exact) mass is 300 g/mol. The largest absolute Gasteiger partial charge is 0.493 e. The first kappa shape index (κ1) is 14.4. The van der Waals surface area contributed by atoms with Crippen LogP contribution in [0.2, 0.25) is 0 Å². The van der Waals surface area contributed by atoms with Gasteiger partial charge >= 0.3 is 0 Å². The quantitative estimate of drug-likeness (QED) is 0.914. The lowest BCUT2D eigenvalue weighted by Gasteiger charge is -2.19. The molecule has 0 saturated heterocycles. The van der Waals surface area contributed by atoms with Crippen LogP contribution in [0, 0.1) is 0 Å². The summed E-state index contributed by atoms with van der Waals surface area (Å²) in [6.07, 6.45) is 4.79. The molecule has 0 unspecified atom stereocenters. The summed E-state index contributed by atoms with van der Waals surface area (Å²) in [7, 11) is 3.53. The highest BCUT2D eigenvalue weighted by molar-refractivity contribution is 6.02. The predicted molar refractivity (Wildman–Crippen MR) is 84.6 cm³/mol. The van der Waals surface area contributed by atoms with Gasteiger partial charge in [0.1, 0.15) is 12.4 Å². The molecule has 6 heteroatoms. The van der Waals surface area contributed by atoms with Crippen LogP contribution in [0.25, 0.3) is 0 Å². The lowest BCUT2D eigenvalue weighted by Crippen LogP contribution is -2.30. The van der Waals surface area contributed by atoms with Gasteiger partial charge in [0.2, 0.25) is 0 Å². The smallest absolute Gasteiger partial charge is 0.172 e. The van der Waals surface area contributed by atoms with Gasteiger partial charge in [-0.2, -0.15) is 5.10 Å². The maximum atomic E-state index is 6.01. The Morgan fingerprint density at radius 3 is 2.95 bits per heavy atom. The summed E-state index contributed by atoms with van der Waals surface area (Å²) >= 11 is 0. The molecule has 0 aliphatic carbocycles. The first-order valence-electron chi connectivity index (χ1n) is 7.34. The van der Waals surface area contributed by atoms with E-state index in [0.29, 0.717) is 18.1 Å². The molecule has 0 radical (unpaired) electrons. The van der Waals surface area contributed by atoms with Crippen molar-refractivity contribution in [3.63, 3.8) is 0 Å². The van der Waals surface area contributed by atoms with Crippen LogP contribution >= 0.6 is 0 Å². The Bertz CT molecular complexity index is 679. The molecule has 1 aromatic heterocycles. The summed E-state index contributed by atoms with van der Waals surface area (Å²) < 4.78 is 13.2. The lowest BCUT2D eigenvalue weighted by atomic mass is 10.1. The minimum Gasteiger partial charge on any atom is -0.493 e. The molecule has 0 bridgehead atoms. The average Bonchev–Trinajstić information content (AvgIpc) is 2.99. The van der Waals surface area contributed by atoms with Crippen LogP contribution in [-0.2, 0) is 13.7 Å². The average molecular weight is 300 g/mol. The highest BCUT2D eigenvalue weighted by atomic mass is 16.5. The Morgan fingerprint density at radius 1 is 1.36 bits per heavy atom. The van der Waals surface area contributed by atoms with E-state index >= 15 is 0 Å². The van der Waals surface area contributed by atoms with Gasteiger partial charge < -0.3 is 14.8 Å². The number of amidine groups is 1. The molecule has 1 N–H and O–H groups in total. The van der Waals surface area contributed by atoms with Crippen molar-refractivity contribution in [1.29, 1.82) is 0 Å². The number of aliphatic imine (C=N–C) groups is 1. The molecule has 3 rings (SSSR count). The van der Waals surface area contributed by atoms with Gasteiger partial charge in [-0.25, -0.2) is 0 Å². The van der Waals surface area contributed by atoms with E-state index in [1.54, 1.807) is 18.0 Å². The summed E-state index contributed by atoms with van der Waals surface area (Å²) in [5.74, 6) is 2.28. The number of hydrogen-bond donors (Lipinski definition) is 1. The van der Waals surface area contributed by atoms with Gasteiger partial charge in [-0.1, -0.05) is 6.07 Å². The standard InChI is InChI=1S/C16H20N4O2/c1-20-10-12(9-19-20)11-22-15-13(5-3-6-14(15)21-2)16-17-7-4-8-18-16/h3,5-6,9-10H,4,7-8,11H2,1-2H3,(H,17,18). The zero-order chi connectivity index (χ0) is 15.4. The third kappa shape index (κ3) is 3.05. The topological polar surface area (TPSA) is 60.7 Å². The molecule has 0 fully saturated rings. The fourth-order valence-electron chi connectivity index (χ4n) is 2.43. The third-order valence-electron chi connectivity index (χ3n) is 3.49. The van der Waals surface area contributed by atoms with E-state index in [0.717, 1.165) is 36.5 Å². The molecular formula is C16H20N4O2. The van der Waals surface area contributed by atoms with Crippen LogP contribution in [0.3, 0.4) is 0 Å². The molecule has 1 aromatic carbocycles. The van der Waals surface area contributed by atoms with E-state index in [-0.39, 0.29) is 0 Å². The second-order valence-corrected chi connectivity index (χ2v) is 5.16. The minimum atomic E-state index is 0.439. The zero-order valence-corrected chi connectivity index (χ0v) is 12.9. The number of para-hydroxylation sites is 1. The highest BCUT2D eigenvalue weighted by Gasteiger charge is 2.17. The van der Waals surface area contributed by atoms with Crippen LogP contribution in [0.4, 0.5) is 0 Å². The summed E-state index contributed by atoms with van der Waals surface area (Å²) in [5.41, 5.74) is 1.95. The number of nitrogens with one attached hydrogen (secondary N) is 1. The van der Waals surface area contributed by atoms with Gasteiger partial charge in [0.25, 0.3) is 0 Å². The second kappa shape index (κ2) is 6.51. The van der Waals surface area contributed by atoms with E-state index in [2.05, 4.69) is 15.4 Å². The van der Waals surface area contributed by atoms with E-state index in [4.69, 9.17) is 9.47 Å². The number of nitrogens with zero attached hydrogens (tertiary/aromatic N) is 3. The highest BCUT2D eigenvalue weighted by Crippen LogP contribution is 2.32. The van der Waals surface area contributed by atoms with Gasteiger partial charge in [0.05, 0.1) is 18.9 Å². The van der Waals surface area contributed by atoms with Crippen molar-refractivity contribution in [2.24, 2.45) is 12.0 Å². The Morgan fingerprint density at radius 2 is 2.27 bits per heavy atom. The Labute approximate surface area is 129 Å². The number of rotatable bonds is 5. The molecule has 2 aromatic rings. The van der Waals surface area contributed by atoms with Crippen molar-refractivity contribution >= 4 is 5.84 Å². The number of methoxy groups -OCH3 is 1.